The number of benzene rings is 1. The minimum absolute atomic E-state index is 0.131. The first-order valence-corrected chi connectivity index (χ1v) is 6.76. The van der Waals surface area contributed by atoms with E-state index in [1.54, 1.807) is 26.8 Å². The highest BCUT2D eigenvalue weighted by atomic mass is 19.1. The van der Waals surface area contributed by atoms with Crippen molar-refractivity contribution in [1.82, 2.24) is 5.32 Å². The van der Waals surface area contributed by atoms with Gasteiger partial charge in [-0.2, -0.15) is 0 Å². The van der Waals surface area contributed by atoms with E-state index in [1.807, 2.05) is 0 Å². The van der Waals surface area contributed by atoms with Crippen molar-refractivity contribution >= 4 is 17.9 Å². The molecule has 0 aliphatic carbocycles. The van der Waals surface area contributed by atoms with Gasteiger partial charge < -0.3 is 10.1 Å². The molecule has 1 N–H and O–H groups in total. The smallest absolute Gasteiger partial charge is 0.407 e. The third kappa shape index (κ3) is 6.34. The molecule has 0 heterocycles. The van der Waals surface area contributed by atoms with Crippen LogP contribution in [0.25, 0.3) is 6.08 Å². The molecular weight excluding hydrogens is 291 g/mol. The zero-order valence-electron chi connectivity index (χ0n) is 12.8. The van der Waals surface area contributed by atoms with E-state index in [2.05, 4.69) is 5.32 Å². The Labute approximate surface area is 128 Å². The molecule has 7 heteroatoms. The van der Waals surface area contributed by atoms with E-state index in [0.717, 1.165) is 18.2 Å². The molecule has 0 radical (unpaired) electrons. The molecule has 120 valence electrons. The van der Waals surface area contributed by atoms with Crippen LogP contribution in [0.3, 0.4) is 0 Å². The van der Waals surface area contributed by atoms with Crippen LogP contribution in [0.15, 0.2) is 24.3 Å². The van der Waals surface area contributed by atoms with E-state index in [4.69, 9.17) is 4.74 Å². The Morgan fingerprint density at radius 3 is 2.73 bits per heavy atom. The third-order valence-electron chi connectivity index (χ3n) is 2.47. The third-order valence-corrected chi connectivity index (χ3v) is 2.47. The quantitative estimate of drug-likeness (QED) is 0.511. The molecule has 0 aromatic heterocycles. The molecule has 1 rings (SSSR count). The molecule has 6 nitrogen and oxygen atoms in total. The van der Waals surface area contributed by atoms with Crippen LogP contribution in [0, 0.1) is 15.9 Å². The lowest BCUT2D eigenvalue weighted by atomic mass is 10.1. The molecule has 1 amide bonds. The lowest BCUT2D eigenvalue weighted by Crippen LogP contribution is -2.32. The Hall–Kier alpha value is -2.44. The Balaban J connectivity index is 2.48. The summed E-state index contributed by atoms with van der Waals surface area (Å²) in [5.41, 5.74) is -0.606. The Bertz CT molecular complexity index is 579. The van der Waals surface area contributed by atoms with E-state index >= 15 is 0 Å². The Morgan fingerprint density at radius 2 is 2.14 bits per heavy atom. The predicted octanol–water partition coefficient (Wildman–Crippen LogP) is 3.66. The highest BCUT2D eigenvalue weighted by Gasteiger charge is 2.15. The van der Waals surface area contributed by atoms with Crippen molar-refractivity contribution in [1.29, 1.82) is 0 Å². The number of hydrogen-bond donors (Lipinski definition) is 1. The zero-order chi connectivity index (χ0) is 16.8. The number of amides is 1. The van der Waals surface area contributed by atoms with Gasteiger partial charge in [0, 0.05) is 24.2 Å². The molecule has 0 unspecified atom stereocenters. The maximum absolute atomic E-state index is 13.5. The fourth-order valence-corrected chi connectivity index (χ4v) is 1.55. The fourth-order valence-electron chi connectivity index (χ4n) is 1.55. The molecule has 22 heavy (non-hydrogen) atoms. The monoisotopic (exact) mass is 310 g/mol. The average molecular weight is 310 g/mol. The molecule has 0 fully saturated rings. The topological polar surface area (TPSA) is 81.5 Å². The molecule has 0 aliphatic heterocycles. The number of halogens is 1. The highest BCUT2D eigenvalue weighted by molar-refractivity contribution is 5.67. The number of nitrogens with one attached hydrogen (secondary N) is 1. The maximum atomic E-state index is 13.5. The van der Waals surface area contributed by atoms with Crippen LogP contribution in [0.4, 0.5) is 14.9 Å². The van der Waals surface area contributed by atoms with Crippen molar-refractivity contribution in [3.8, 4) is 0 Å². The SMILES string of the molecule is CC(C)(C)OC(=O)NCCC=Cc1cc([N+](=O)[O-])ccc1F. The largest absolute Gasteiger partial charge is 0.444 e. The minimum atomic E-state index is -0.583. The number of carbonyl (C=O) groups excluding carboxylic acids is 1. The summed E-state index contributed by atoms with van der Waals surface area (Å²) in [5, 5.41) is 13.2. The molecule has 0 saturated heterocycles. The van der Waals surface area contributed by atoms with Crippen molar-refractivity contribution in [3.05, 3.63) is 45.8 Å². The molecule has 0 aliphatic rings. The summed E-state index contributed by atoms with van der Waals surface area (Å²) in [6, 6.07) is 3.32. The molecular formula is C15H19FN2O4. The summed E-state index contributed by atoms with van der Waals surface area (Å²) < 4.78 is 18.5. The van der Waals surface area contributed by atoms with Gasteiger partial charge in [0.25, 0.3) is 5.69 Å². The molecule has 0 saturated carbocycles. The second kappa shape index (κ2) is 7.53. The number of non-ortho nitro benzene ring substituents is 1. The summed E-state index contributed by atoms with van der Waals surface area (Å²) >= 11 is 0. The minimum Gasteiger partial charge on any atom is -0.444 e. The number of nitrogens with zero attached hydrogens (tertiary/aromatic N) is 1. The molecule has 1 aromatic carbocycles. The number of nitro groups is 1. The van der Waals surface area contributed by atoms with E-state index in [0.29, 0.717) is 13.0 Å². The molecule has 0 bridgehead atoms. The first kappa shape index (κ1) is 17.6. The van der Waals surface area contributed by atoms with Crippen LogP contribution in [0.1, 0.15) is 32.8 Å². The van der Waals surface area contributed by atoms with Crippen LogP contribution >= 0.6 is 0 Å². The van der Waals surface area contributed by atoms with Gasteiger partial charge in [-0.25, -0.2) is 9.18 Å². The van der Waals surface area contributed by atoms with E-state index in [9.17, 15) is 19.3 Å². The van der Waals surface area contributed by atoms with Crippen LogP contribution in [0.2, 0.25) is 0 Å². The van der Waals surface area contributed by atoms with Crippen LogP contribution < -0.4 is 5.32 Å². The van der Waals surface area contributed by atoms with Crippen LogP contribution in [-0.2, 0) is 4.74 Å². The predicted molar refractivity (Wildman–Crippen MR) is 80.9 cm³/mol. The van der Waals surface area contributed by atoms with E-state index in [-0.39, 0.29) is 11.3 Å². The Kier molecular flexibility index (Phi) is 6.03. The normalized spacial score (nSPS) is 11.5. The van der Waals surface area contributed by atoms with Gasteiger partial charge in [0.15, 0.2) is 0 Å². The van der Waals surface area contributed by atoms with Gasteiger partial charge >= 0.3 is 6.09 Å². The number of carbonyl (C=O) groups is 1. The Morgan fingerprint density at radius 1 is 1.45 bits per heavy atom. The van der Waals surface area contributed by atoms with E-state index < -0.39 is 22.4 Å². The summed E-state index contributed by atoms with van der Waals surface area (Å²) in [6.07, 6.45) is 2.99. The standard InChI is InChI=1S/C15H19FN2O4/c1-15(2,3)22-14(19)17-9-5-4-6-11-10-12(18(20)21)7-8-13(11)16/h4,6-8,10H,5,9H2,1-3H3,(H,17,19). The lowest BCUT2D eigenvalue weighted by Gasteiger charge is -2.19. The average Bonchev–Trinajstić information content (AvgIpc) is 2.37. The van der Waals surface area contributed by atoms with Crippen molar-refractivity contribution < 1.29 is 18.8 Å². The van der Waals surface area contributed by atoms with Gasteiger partial charge in [-0.05, 0) is 33.3 Å². The molecule has 0 atom stereocenters. The van der Waals surface area contributed by atoms with Crippen LogP contribution in [-0.4, -0.2) is 23.2 Å². The second-order valence-corrected chi connectivity index (χ2v) is 5.58. The molecule has 1 aromatic rings. The summed E-state index contributed by atoms with van der Waals surface area (Å²) in [5.74, 6) is -0.540. The van der Waals surface area contributed by atoms with Gasteiger partial charge in [-0.3, -0.25) is 10.1 Å². The first-order chi connectivity index (χ1) is 10.2. The summed E-state index contributed by atoms with van der Waals surface area (Å²) in [7, 11) is 0. The van der Waals surface area contributed by atoms with Crippen molar-refractivity contribution in [2.75, 3.05) is 6.54 Å². The van der Waals surface area contributed by atoms with Gasteiger partial charge in [-0.15, -0.1) is 0 Å². The van der Waals surface area contributed by atoms with Gasteiger partial charge in [0.2, 0.25) is 0 Å². The number of alkyl carbamates (subject to hydrolysis) is 1. The summed E-state index contributed by atoms with van der Waals surface area (Å²) in [6.45, 7) is 5.61. The van der Waals surface area contributed by atoms with Crippen LogP contribution in [0.5, 0.6) is 0 Å². The summed E-state index contributed by atoms with van der Waals surface area (Å²) in [4.78, 5) is 21.4. The fraction of sp³-hybridized carbons (Fsp3) is 0.400. The first-order valence-electron chi connectivity index (χ1n) is 6.76. The number of nitro benzene ring substituents is 1. The second-order valence-electron chi connectivity index (χ2n) is 5.58. The van der Waals surface area contributed by atoms with E-state index in [1.165, 1.54) is 6.08 Å². The van der Waals surface area contributed by atoms with Crippen molar-refractivity contribution in [2.24, 2.45) is 0 Å². The van der Waals surface area contributed by atoms with Gasteiger partial charge in [0.05, 0.1) is 4.92 Å². The highest BCUT2D eigenvalue weighted by Crippen LogP contribution is 2.18. The van der Waals surface area contributed by atoms with Crippen molar-refractivity contribution in [2.45, 2.75) is 32.8 Å². The number of rotatable bonds is 5. The maximum Gasteiger partial charge on any atom is 0.407 e. The zero-order valence-corrected chi connectivity index (χ0v) is 12.8. The van der Waals surface area contributed by atoms with Gasteiger partial charge in [0.1, 0.15) is 11.4 Å². The number of hydrogen-bond acceptors (Lipinski definition) is 4. The molecule has 0 spiro atoms. The number of ether oxygens (including phenoxy) is 1. The van der Waals surface area contributed by atoms with Gasteiger partial charge in [-0.1, -0.05) is 12.2 Å². The van der Waals surface area contributed by atoms with Crippen molar-refractivity contribution in [3.63, 3.8) is 0 Å². The lowest BCUT2D eigenvalue weighted by molar-refractivity contribution is -0.384.